The van der Waals surface area contributed by atoms with E-state index in [1.807, 2.05) is 30.0 Å². The van der Waals surface area contributed by atoms with Crippen molar-refractivity contribution in [1.29, 1.82) is 0 Å². The van der Waals surface area contributed by atoms with Gasteiger partial charge in [-0.3, -0.25) is 4.68 Å². The van der Waals surface area contributed by atoms with Crippen LogP contribution in [0.3, 0.4) is 0 Å². The molecular formula is C16H26IN5S. The molecule has 0 atom stereocenters. The average Bonchev–Trinajstić information content (AvgIpc) is 2.99. The first-order valence-corrected chi connectivity index (χ1v) is 8.39. The normalized spacial score (nSPS) is 11.3. The number of aromatic nitrogens is 2. The maximum atomic E-state index is 4.69. The van der Waals surface area contributed by atoms with E-state index in [1.165, 1.54) is 21.0 Å². The number of aliphatic imine (C=N–C) groups is 1. The Morgan fingerprint density at radius 2 is 2.00 bits per heavy atom. The van der Waals surface area contributed by atoms with E-state index in [-0.39, 0.29) is 24.0 Å². The van der Waals surface area contributed by atoms with Gasteiger partial charge in [0.25, 0.3) is 0 Å². The molecule has 0 saturated heterocycles. The van der Waals surface area contributed by atoms with E-state index in [1.54, 1.807) is 0 Å². The summed E-state index contributed by atoms with van der Waals surface area (Å²) in [7, 11) is 1.97. The fourth-order valence-electron chi connectivity index (χ4n) is 2.30. The van der Waals surface area contributed by atoms with Crippen molar-refractivity contribution in [3.8, 4) is 0 Å². The van der Waals surface area contributed by atoms with Gasteiger partial charge < -0.3 is 10.6 Å². The Labute approximate surface area is 159 Å². The Morgan fingerprint density at radius 3 is 2.52 bits per heavy atom. The van der Waals surface area contributed by atoms with Crippen LogP contribution in [0.15, 0.2) is 17.1 Å². The van der Waals surface area contributed by atoms with E-state index in [4.69, 9.17) is 0 Å². The molecule has 0 unspecified atom stereocenters. The summed E-state index contributed by atoms with van der Waals surface area (Å²) in [6.45, 7) is 10.6. The number of thiophene rings is 1. The molecule has 0 aliphatic carbocycles. The first kappa shape index (κ1) is 20.0. The van der Waals surface area contributed by atoms with Crippen LogP contribution in [0, 0.1) is 20.8 Å². The number of hydrogen-bond acceptors (Lipinski definition) is 3. The van der Waals surface area contributed by atoms with Crippen molar-refractivity contribution in [2.75, 3.05) is 6.54 Å². The number of halogens is 1. The predicted molar refractivity (Wildman–Crippen MR) is 109 cm³/mol. The van der Waals surface area contributed by atoms with Gasteiger partial charge in [-0.1, -0.05) is 0 Å². The van der Waals surface area contributed by atoms with E-state index < -0.39 is 0 Å². The van der Waals surface area contributed by atoms with Gasteiger partial charge in [-0.15, -0.1) is 35.3 Å². The zero-order valence-electron chi connectivity index (χ0n) is 14.4. The summed E-state index contributed by atoms with van der Waals surface area (Å²) in [5.41, 5.74) is 3.42. The summed E-state index contributed by atoms with van der Waals surface area (Å²) in [6, 6.07) is 4.31. The number of aryl methyl sites for hydroxylation is 3. The van der Waals surface area contributed by atoms with Crippen LogP contribution in [0.1, 0.15) is 33.6 Å². The van der Waals surface area contributed by atoms with Gasteiger partial charge in [0, 0.05) is 34.6 Å². The van der Waals surface area contributed by atoms with Crippen molar-refractivity contribution in [3.05, 3.63) is 38.8 Å². The van der Waals surface area contributed by atoms with Gasteiger partial charge in [-0.05, 0) is 39.8 Å². The standard InChI is InChI=1S/C16H25N5S.HI/c1-6-17-16(18-9-14-8-7-11(2)22-14)19-10-15-12(3)20-21(5)13(15)4;/h7-8H,6,9-10H2,1-5H3,(H2,17,18,19);1H. The number of hydrogen-bond donors (Lipinski definition) is 2. The van der Waals surface area contributed by atoms with E-state index in [2.05, 4.69) is 53.6 Å². The van der Waals surface area contributed by atoms with Gasteiger partial charge in [0.15, 0.2) is 5.96 Å². The lowest BCUT2D eigenvalue weighted by Crippen LogP contribution is -2.36. The highest BCUT2D eigenvalue weighted by molar-refractivity contribution is 14.0. The Hall–Kier alpha value is -1.09. The summed E-state index contributed by atoms with van der Waals surface area (Å²) in [6.07, 6.45) is 0. The van der Waals surface area contributed by atoms with Crippen LogP contribution in [0.25, 0.3) is 0 Å². The maximum absolute atomic E-state index is 4.69. The third-order valence-corrected chi connectivity index (χ3v) is 4.63. The van der Waals surface area contributed by atoms with Crippen LogP contribution in [0.4, 0.5) is 0 Å². The lowest BCUT2D eigenvalue weighted by atomic mass is 10.2. The van der Waals surface area contributed by atoms with E-state index in [0.29, 0.717) is 6.54 Å². The second-order valence-electron chi connectivity index (χ2n) is 5.33. The minimum atomic E-state index is 0. The summed E-state index contributed by atoms with van der Waals surface area (Å²) in [5.74, 6) is 0.844. The third kappa shape index (κ3) is 5.49. The van der Waals surface area contributed by atoms with Crippen molar-refractivity contribution < 1.29 is 0 Å². The Morgan fingerprint density at radius 1 is 1.26 bits per heavy atom. The molecule has 23 heavy (non-hydrogen) atoms. The SMILES string of the molecule is CCNC(=NCc1c(C)nn(C)c1C)NCc1ccc(C)s1.I. The molecule has 0 aliphatic rings. The fraction of sp³-hybridized carbons (Fsp3) is 0.500. The van der Waals surface area contributed by atoms with Gasteiger partial charge in [0.05, 0.1) is 18.8 Å². The molecule has 0 aromatic carbocycles. The zero-order chi connectivity index (χ0) is 16.1. The van der Waals surface area contributed by atoms with Crippen molar-refractivity contribution in [3.63, 3.8) is 0 Å². The molecule has 0 aliphatic heterocycles. The second kappa shape index (κ2) is 9.27. The Balaban J connectivity index is 0.00000264. The van der Waals surface area contributed by atoms with Crippen molar-refractivity contribution in [2.24, 2.45) is 12.0 Å². The molecule has 2 N–H and O–H groups in total. The van der Waals surface area contributed by atoms with Gasteiger partial charge in [0.2, 0.25) is 0 Å². The van der Waals surface area contributed by atoms with Crippen molar-refractivity contribution in [2.45, 2.75) is 40.8 Å². The van der Waals surface area contributed by atoms with Gasteiger partial charge >= 0.3 is 0 Å². The molecule has 0 fully saturated rings. The molecule has 0 bridgehead atoms. The smallest absolute Gasteiger partial charge is 0.191 e. The molecule has 128 valence electrons. The zero-order valence-corrected chi connectivity index (χ0v) is 17.6. The third-order valence-electron chi connectivity index (χ3n) is 3.62. The van der Waals surface area contributed by atoms with Crippen LogP contribution in [0.2, 0.25) is 0 Å². The number of nitrogens with zero attached hydrogens (tertiary/aromatic N) is 3. The quantitative estimate of drug-likeness (QED) is 0.420. The van der Waals surface area contributed by atoms with E-state index >= 15 is 0 Å². The largest absolute Gasteiger partial charge is 0.357 e. The van der Waals surface area contributed by atoms with Crippen LogP contribution in [-0.4, -0.2) is 22.3 Å². The van der Waals surface area contributed by atoms with Crippen LogP contribution < -0.4 is 10.6 Å². The highest BCUT2D eigenvalue weighted by Crippen LogP contribution is 2.15. The predicted octanol–water partition coefficient (Wildman–Crippen LogP) is 3.28. The monoisotopic (exact) mass is 447 g/mol. The highest BCUT2D eigenvalue weighted by Gasteiger charge is 2.09. The number of rotatable bonds is 5. The molecule has 0 saturated carbocycles. The van der Waals surface area contributed by atoms with E-state index in [0.717, 1.165) is 24.7 Å². The number of nitrogens with one attached hydrogen (secondary N) is 2. The Kier molecular flexibility index (Phi) is 8.04. The van der Waals surface area contributed by atoms with Gasteiger partial charge in [-0.25, -0.2) is 4.99 Å². The minimum Gasteiger partial charge on any atom is -0.357 e. The minimum absolute atomic E-state index is 0. The lowest BCUT2D eigenvalue weighted by Gasteiger charge is -2.10. The summed E-state index contributed by atoms with van der Waals surface area (Å²) < 4.78 is 1.91. The molecule has 2 aromatic heterocycles. The summed E-state index contributed by atoms with van der Waals surface area (Å²) in [5, 5.41) is 11.1. The maximum Gasteiger partial charge on any atom is 0.191 e. The van der Waals surface area contributed by atoms with Crippen LogP contribution in [0.5, 0.6) is 0 Å². The average molecular weight is 447 g/mol. The molecule has 2 rings (SSSR count). The molecule has 7 heteroatoms. The van der Waals surface area contributed by atoms with Gasteiger partial charge in [-0.2, -0.15) is 5.10 Å². The van der Waals surface area contributed by atoms with E-state index in [9.17, 15) is 0 Å². The van der Waals surface area contributed by atoms with Gasteiger partial charge in [0.1, 0.15) is 0 Å². The molecule has 2 aromatic rings. The Bertz CT molecular complexity index is 659. The van der Waals surface area contributed by atoms with Crippen LogP contribution >= 0.6 is 35.3 Å². The molecule has 0 amide bonds. The topological polar surface area (TPSA) is 54.2 Å². The fourth-order valence-corrected chi connectivity index (χ4v) is 3.13. The lowest BCUT2D eigenvalue weighted by molar-refractivity contribution is 0.730. The molecule has 0 spiro atoms. The summed E-state index contributed by atoms with van der Waals surface area (Å²) in [4.78, 5) is 7.34. The van der Waals surface area contributed by atoms with Crippen LogP contribution in [-0.2, 0) is 20.1 Å². The highest BCUT2D eigenvalue weighted by atomic mass is 127. The second-order valence-corrected chi connectivity index (χ2v) is 6.71. The molecule has 0 radical (unpaired) electrons. The summed E-state index contributed by atoms with van der Waals surface area (Å²) >= 11 is 1.81. The molecule has 2 heterocycles. The number of guanidine groups is 1. The molecule has 5 nitrogen and oxygen atoms in total. The molecular weight excluding hydrogens is 421 g/mol. The first-order chi connectivity index (χ1) is 10.5. The van der Waals surface area contributed by atoms with Crippen molar-refractivity contribution in [1.82, 2.24) is 20.4 Å². The van der Waals surface area contributed by atoms with Crippen molar-refractivity contribution >= 4 is 41.3 Å². The first-order valence-electron chi connectivity index (χ1n) is 7.57.